The average Bonchev–Trinajstić information content (AvgIpc) is 3.23. The van der Waals surface area contributed by atoms with E-state index < -0.39 is 0 Å². The number of aromatic nitrogens is 4. The number of pyridine rings is 1. The van der Waals surface area contributed by atoms with Crippen molar-refractivity contribution in [1.82, 2.24) is 20.0 Å². The summed E-state index contributed by atoms with van der Waals surface area (Å²) < 4.78 is 1.94. The molecule has 4 heteroatoms. The highest BCUT2D eigenvalue weighted by atomic mass is 15.4. The first-order valence-corrected chi connectivity index (χ1v) is 12.3. The molecule has 0 N–H and O–H groups in total. The molecule has 2 aromatic heterocycles. The maximum Gasteiger partial charge on any atom is 0.113 e. The summed E-state index contributed by atoms with van der Waals surface area (Å²) in [6, 6.07) is 19.8. The van der Waals surface area contributed by atoms with Gasteiger partial charge in [-0.1, -0.05) is 73.5 Å². The van der Waals surface area contributed by atoms with E-state index in [1.807, 2.05) is 10.9 Å². The molecule has 168 valence electrons. The van der Waals surface area contributed by atoms with Crippen LogP contribution in [-0.4, -0.2) is 20.0 Å². The molecular weight excluding hydrogens is 404 g/mol. The Hall–Kier alpha value is -3.27. The fourth-order valence-corrected chi connectivity index (χ4v) is 4.82. The van der Waals surface area contributed by atoms with E-state index >= 15 is 0 Å². The Morgan fingerprint density at radius 1 is 0.939 bits per heavy atom. The quantitative estimate of drug-likeness (QED) is 0.307. The van der Waals surface area contributed by atoms with Gasteiger partial charge in [-0.2, -0.15) is 0 Å². The van der Waals surface area contributed by atoms with E-state index in [9.17, 15) is 0 Å². The van der Waals surface area contributed by atoms with Crippen LogP contribution in [0.4, 0.5) is 0 Å². The third-order valence-corrected chi connectivity index (χ3v) is 6.75. The first kappa shape index (κ1) is 21.6. The molecule has 1 aliphatic carbocycles. The van der Waals surface area contributed by atoms with Crippen LogP contribution in [0.15, 0.2) is 60.8 Å². The average molecular weight is 437 g/mol. The molecule has 5 rings (SSSR count). The fraction of sp³-hybridized carbons (Fsp3) is 0.345. The standard InChI is InChI=1S/C29H32N4/c1-3-4-5-9-22-14-16-24(17-15-22)28-20-33(32-31-28)19-26-18-25-12-8-11-23-10-6-7-13-27(23)29(25)30-21(26)2/h6-7,10,13-18,20H,3-5,8-9,11-12,19H2,1-2H3. The Labute approximate surface area is 196 Å². The van der Waals surface area contributed by atoms with E-state index in [4.69, 9.17) is 4.98 Å². The molecule has 0 atom stereocenters. The molecule has 4 aromatic rings. The van der Waals surface area contributed by atoms with Crippen molar-refractivity contribution in [2.24, 2.45) is 0 Å². The van der Waals surface area contributed by atoms with Crippen LogP contribution in [0, 0.1) is 6.92 Å². The predicted molar refractivity (Wildman–Crippen MR) is 134 cm³/mol. The number of unbranched alkanes of at least 4 members (excludes halogenated alkanes) is 2. The van der Waals surface area contributed by atoms with Gasteiger partial charge in [0, 0.05) is 16.8 Å². The van der Waals surface area contributed by atoms with Gasteiger partial charge in [0.2, 0.25) is 0 Å². The van der Waals surface area contributed by atoms with E-state index in [0.717, 1.165) is 48.3 Å². The molecule has 0 radical (unpaired) electrons. The van der Waals surface area contributed by atoms with E-state index in [1.165, 1.54) is 47.1 Å². The fourth-order valence-electron chi connectivity index (χ4n) is 4.82. The molecule has 0 spiro atoms. The zero-order valence-electron chi connectivity index (χ0n) is 19.7. The van der Waals surface area contributed by atoms with Crippen molar-refractivity contribution >= 4 is 0 Å². The maximum absolute atomic E-state index is 5.05. The first-order valence-electron chi connectivity index (χ1n) is 12.3. The number of hydrogen-bond acceptors (Lipinski definition) is 3. The molecule has 4 nitrogen and oxygen atoms in total. The van der Waals surface area contributed by atoms with Crippen molar-refractivity contribution in [3.05, 3.63) is 88.7 Å². The highest BCUT2D eigenvalue weighted by Gasteiger charge is 2.18. The highest BCUT2D eigenvalue weighted by Crippen LogP contribution is 2.32. The van der Waals surface area contributed by atoms with E-state index in [0.29, 0.717) is 6.54 Å². The molecule has 0 amide bonds. The van der Waals surface area contributed by atoms with Crippen molar-refractivity contribution in [2.75, 3.05) is 0 Å². The monoisotopic (exact) mass is 436 g/mol. The third kappa shape index (κ3) is 4.75. The van der Waals surface area contributed by atoms with Gasteiger partial charge in [0.15, 0.2) is 0 Å². The number of aryl methyl sites for hydroxylation is 4. The Kier molecular flexibility index (Phi) is 6.34. The van der Waals surface area contributed by atoms with E-state index in [-0.39, 0.29) is 0 Å². The molecular formula is C29H32N4. The van der Waals surface area contributed by atoms with Gasteiger partial charge in [0.05, 0.1) is 18.4 Å². The molecule has 0 saturated carbocycles. The molecule has 2 aromatic carbocycles. The van der Waals surface area contributed by atoms with E-state index in [1.54, 1.807) is 0 Å². The summed E-state index contributed by atoms with van der Waals surface area (Å²) in [5.74, 6) is 0. The minimum Gasteiger partial charge on any atom is -0.252 e. The lowest BCUT2D eigenvalue weighted by atomic mass is 9.99. The van der Waals surface area contributed by atoms with Gasteiger partial charge in [-0.25, -0.2) is 4.68 Å². The summed E-state index contributed by atoms with van der Waals surface area (Å²) >= 11 is 0. The summed E-state index contributed by atoms with van der Waals surface area (Å²) in [6.07, 6.45) is 10.3. The molecule has 2 heterocycles. The Morgan fingerprint density at radius 2 is 1.76 bits per heavy atom. The molecule has 0 saturated heterocycles. The maximum atomic E-state index is 5.05. The number of nitrogens with zero attached hydrogens (tertiary/aromatic N) is 4. The van der Waals surface area contributed by atoms with Gasteiger partial charge in [-0.3, -0.25) is 4.98 Å². The van der Waals surface area contributed by atoms with Gasteiger partial charge in [-0.15, -0.1) is 5.10 Å². The van der Waals surface area contributed by atoms with Gasteiger partial charge in [-0.05, 0) is 67.3 Å². The Bertz CT molecular complexity index is 1240. The molecule has 1 aliphatic rings. The summed E-state index contributed by atoms with van der Waals surface area (Å²) in [6.45, 7) is 5.04. The second-order valence-corrected chi connectivity index (χ2v) is 9.21. The summed E-state index contributed by atoms with van der Waals surface area (Å²) in [5.41, 5.74) is 10.9. The molecule has 0 bridgehead atoms. The Morgan fingerprint density at radius 3 is 2.61 bits per heavy atom. The van der Waals surface area contributed by atoms with Gasteiger partial charge in [0.25, 0.3) is 0 Å². The van der Waals surface area contributed by atoms with Gasteiger partial charge >= 0.3 is 0 Å². The largest absolute Gasteiger partial charge is 0.252 e. The number of rotatable bonds is 7. The van der Waals surface area contributed by atoms with Gasteiger partial charge in [0.1, 0.15) is 5.69 Å². The van der Waals surface area contributed by atoms with Crippen molar-refractivity contribution in [1.29, 1.82) is 0 Å². The topological polar surface area (TPSA) is 43.6 Å². The zero-order valence-corrected chi connectivity index (χ0v) is 19.7. The van der Waals surface area contributed by atoms with Crippen LogP contribution < -0.4 is 0 Å². The van der Waals surface area contributed by atoms with Crippen LogP contribution in [0.25, 0.3) is 22.5 Å². The van der Waals surface area contributed by atoms with Crippen molar-refractivity contribution in [3.63, 3.8) is 0 Å². The highest BCUT2D eigenvalue weighted by molar-refractivity contribution is 5.68. The summed E-state index contributed by atoms with van der Waals surface area (Å²) in [7, 11) is 0. The smallest absolute Gasteiger partial charge is 0.113 e. The van der Waals surface area contributed by atoms with Crippen molar-refractivity contribution in [3.8, 4) is 22.5 Å². The summed E-state index contributed by atoms with van der Waals surface area (Å²) in [4.78, 5) is 5.05. The lowest BCUT2D eigenvalue weighted by Crippen LogP contribution is -2.06. The SMILES string of the molecule is CCCCCc1ccc(-c2cn(Cc3cc4c(nc3C)-c3ccccc3CCC4)nn2)cc1. The van der Waals surface area contributed by atoms with Crippen LogP contribution in [-0.2, 0) is 25.8 Å². The predicted octanol–water partition coefficient (Wildman–Crippen LogP) is 6.59. The minimum atomic E-state index is 0.690. The normalized spacial score (nSPS) is 12.8. The molecule has 33 heavy (non-hydrogen) atoms. The Balaban J connectivity index is 1.34. The van der Waals surface area contributed by atoms with Crippen LogP contribution in [0.3, 0.4) is 0 Å². The van der Waals surface area contributed by atoms with Gasteiger partial charge < -0.3 is 0 Å². The van der Waals surface area contributed by atoms with Crippen LogP contribution in [0.2, 0.25) is 0 Å². The number of hydrogen-bond donors (Lipinski definition) is 0. The van der Waals surface area contributed by atoms with Crippen molar-refractivity contribution < 1.29 is 0 Å². The van der Waals surface area contributed by atoms with Crippen LogP contribution in [0.5, 0.6) is 0 Å². The molecule has 0 fully saturated rings. The number of fused-ring (bicyclic) bond motifs is 3. The first-order chi connectivity index (χ1) is 16.2. The summed E-state index contributed by atoms with van der Waals surface area (Å²) in [5, 5.41) is 8.86. The molecule has 0 unspecified atom stereocenters. The molecule has 0 aliphatic heterocycles. The third-order valence-electron chi connectivity index (χ3n) is 6.75. The van der Waals surface area contributed by atoms with Crippen molar-refractivity contribution in [2.45, 2.75) is 65.3 Å². The van der Waals surface area contributed by atoms with E-state index in [2.05, 4.69) is 78.8 Å². The second-order valence-electron chi connectivity index (χ2n) is 9.21. The lowest BCUT2D eigenvalue weighted by molar-refractivity contribution is 0.644. The minimum absolute atomic E-state index is 0.690. The second kappa shape index (κ2) is 9.70. The van der Waals surface area contributed by atoms with Crippen LogP contribution in [0.1, 0.15) is 60.6 Å². The number of benzene rings is 2. The lowest BCUT2D eigenvalue weighted by Gasteiger charge is -2.13. The van der Waals surface area contributed by atoms with Crippen LogP contribution >= 0.6 is 0 Å². The zero-order chi connectivity index (χ0) is 22.6.